The maximum Gasteiger partial charge on any atom is 0.220 e. The summed E-state index contributed by atoms with van der Waals surface area (Å²) in [5, 5.41) is 11.7. The molecular weight excluding hydrogens is 214 g/mol. The molecule has 0 saturated heterocycles. The van der Waals surface area contributed by atoms with Crippen molar-refractivity contribution in [3.63, 3.8) is 0 Å². The number of hydrogen-bond donors (Lipinski definition) is 1. The molecular formula is C13H21N3O. The lowest BCUT2D eigenvalue weighted by Crippen LogP contribution is -2.25. The number of nitrogens with zero attached hydrogens (tertiary/aromatic N) is 2. The number of rotatable bonds is 5. The summed E-state index contributed by atoms with van der Waals surface area (Å²) in [5.41, 5.74) is 0. The summed E-state index contributed by atoms with van der Waals surface area (Å²) in [7, 11) is 0. The zero-order valence-electron chi connectivity index (χ0n) is 10.6. The van der Waals surface area contributed by atoms with Crippen LogP contribution in [0.5, 0.6) is 0 Å². The molecule has 0 aromatic carbocycles. The molecule has 17 heavy (non-hydrogen) atoms. The van der Waals surface area contributed by atoms with Gasteiger partial charge in [-0.15, -0.1) is 10.2 Å². The third-order valence-corrected chi connectivity index (χ3v) is 4.07. The third-order valence-electron chi connectivity index (χ3n) is 4.07. The number of hydrogen-bond acceptors (Lipinski definition) is 4. The van der Waals surface area contributed by atoms with Crippen molar-refractivity contribution < 1.29 is 4.42 Å². The third kappa shape index (κ3) is 2.23. The minimum Gasteiger partial charge on any atom is -0.425 e. The number of nitrogens with one attached hydrogen (secondary N) is 1. The number of aromatic nitrogens is 2. The minimum atomic E-state index is 0.514. The molecule has 94 valence electrons. The highest BCUT2D eigenvalue weighted by molar-refractivity contribution is 5.15. The van der Waals surface area contributed by atoms with E-state index < -0.39 is 0 Å². The van der Waals surface area contributed by atoms with E-state index in [0.717, 1.165) is 36.6 Å². The minimum absolute atomic E-state index is 0.514. The van der Waals surface area contributed by atoms with Crippen molar-refractivity contribution in [1.82, 2.24) is 15.5 Å². The van der Waals surface area contributed by atoms with Crippen LogP contribution >= 0.6 is 0 Å². The Morgan fingerprint density at radius 3 is 2.76 bits per heavy atom. The first-order valence-corrected chi connectivity index (χ1v) is 6.81. The summed E-state index contributed by atoms with van der Waals surface area (Å²) in [6, 6.07) is 0.514. The Morgan fingerprint density at radius 2 is 2.06 bits per heavy atom. The zero-order valence-corrected chi connectivity index (χ0v) is 10.6. The summed E-state index contributed by atoms with van der Waals surface area (Å²) in [6.07, 6.45) is 4.96. The second-order valence-corrected chi connectivity index (χ2v) is 5.68. The van der Waals surface area contributed by atoms with Crippen molar-refractivity contribution in [1.29, 1.82) is 0 Å². The van der Waals surface area contributed by atoms with Gasteiger partial charge in [-0.2, -0.15) is 0 Å². The monoisotopic (exact) mass is 235 g/mol. The molecule has 2 aliphatic rings. The standard InChI is InChI=1S/C13H21N3O/c1-8(2)14-7-6-11-15-16-13(17-11)12-9-4-3-5-10(9)12/h8-10,12,14H,3-7H2,1-2H3. The van der Waals surface area contributed by atoms with Crippen LogP contribution in [0.25, 0.3) is 0 Å². The molecule has 2 fully saturated rings. The van der Waals surface area contributed by atoms with E-state index in [1.165, 1.54) is 19.3 Å². The van der Waals surface area contributed by atoms with Crippen LogP contribution in [-0.2, 0) is 6.42 Å². The van der Waals surface area contributed by atoms with Gasteiger partial charge in [0.25, 0.3) is 0 Å². The molecule has 1 aromatic heterocycles. The molecule has 4 nitrogen and oxygen atoms in total. The van der Waals surface area contributed by atoms with Gasteiger partial charge in [-0.1, -0.05) is 20.3 Å². The smallest absolute Gasteiger partial charge is 0.220 e. The summed E-state index contributed by atoms with van der Waals surface area (Å²) >= 11 is 0. The van der Waals surface area contributed by atoms with Crippen molar-refractivity contribution in [2.24, 2.45) is 11.8 Å². The van der Waals surface area contributed by atoms with E-state index in [0.29, 0.717) is 12.0 Å². The molecule has 0 aliphatic heterocycles. The van der Waals surface area contributed by atoms with Crippen LogP contribution in [-0.4, -0.2) is 22.8 Å². The van der Waals surface area contributed by atoms with Gasteiger partial charge in [-0.3, -0.25) is 0 Å². The molecule has 4 heteroatoms. The lowest BCUT2D eigenvalue weighted by atomic mass is 10.1. The predicted molar refractivity (Wildman–Crippen MR) is 64.7 cm³/mol. The highest BCUT2D eigenvalue weighted by Crippen LogP contribution is 2.62. The Labute approximate surface area is 102 Å². The van der Waals surface area contributed by atoms with E-state index in [1.54, 1.807) is 0 Å². The lowest BCUT2D eigenvalue weighted by Gasteiger charge is -2.04. The van der Waals surface area contributed by atoms with E-state index in [-0.39, 0.29) is 0 Å². The van der Waals surface area contributed by atoms with Crippen molar-refractivity contribution in [2.75, 3.05) is 6.54 Å². The molecule has 0 radical (unpaired) electrons. The SMILES string of the molecule is CC(C)NCCc1nnc(C2C3CCCC32)o1. The first-order chi connectivity index (χ1) is 8.25. The zero-order chi connectivity index (χ0) is 11.8. The first-order valence-electron chi connectivity index (χ1n) is 6.81. The molecule has 3 rings (SSSR count). The Balaban J connectivity index is 1.53. The van der Waals surface area contributed by atoms with Crippen LogP contribution < -0.4 is 5.32 Å². The normalized spacial score (nSPS) is 30.9. The summed E-state index contributed by atoms with van der Waals surface area (Å²) < 4.78 is 5.76. The van der Waals surface area contributed by atoms with Gasteiger partial charge in [0.1, 0.15) is 0 Å². The average Bonchev–Trinajstić information content (AvgIpc) is 2.73. The maximum absolute atomic E-state index is 5.76. The summed E-state index contributed by atoms with van der Waals surface area (Å²) in [4.78, 5) is 0. The molecule has 2 saturated carbocycles. The van der Waals surface area contributed by atoms with Gasteiger partial charge < -0.3 is 9.73 Å². The summed E-state index contributed by atoms with van der Waals surface area (Å²) in [6.45, 7) is 5.20. The van der Waals surface area contributed by atoms with E-state index in [4.69, 9.17) is 4.42 Å². The molecule has 2 atom stereocenters. The highest BCUT2D eigenvalue weighted by atomic mass is 16.4. The maximum atomic E-state index is 5.76. The van der Waals surface area contributed by atoms with Gasteiger partial charge in [0.15, 0.2) is 0 Å². The van der Waals surface area contributed by atoms with Crippen LogP contribution in [0.2, 0.25) is 0 Å². The van der Waals surface area contributed by atoms with Crippen LogP contribution in [0.1, 0.15) is 50.8 Å². The van der Waals surface area contributed by atoms with E-state index in [2.05, 4.69) is 29.4 Å². The largest absolute Gasteiger partial charge is 0.425 e. The van der Waals surface area contributed by atoms with Crippen LogP contribution in [0, 0.1) is 11.8 Å². The molecule has 1 aromatic rings. The summed E-state index contributed by atoms with van der Waals surface area (Å²) in [5.74, 6) is 4.01. The van der Waals surface area contributed by atoms with E-state index >= 15 is 0 Å². The van der Waals surface area contributed by atoms with Gasteiger partial charge in [0, 0.05) is 24.9 Å². The van der Waals surface area contributed by atoms with Gasteiger partial charge in [0.2, 0.25) is 11.8 Å². The van der Waals surface area contributed by atoms with Crippen LogP contribution in [0.15, 0.2) is 4.42 Å². The molecule has 1 heterocycles. The Morgan fingerprint density at radius 1 is 1.29 bits per heavy atom. The molecule has 2 aliphatic carbocycles. The average molecular weight is 235 g/mol. The second-order valence-electron chi connectivity index (χ2n) is 5.68. The fraction of sp³-hybridized carbons (Fsp3) is 0.846. The topological polar surface area (TPSA) is 51.0 Å². The van der Waals surface area contributed by atoms with Crippen molar-refractivity contribution in [3.8, 4) is 0 Å². The second kappa shape index (κ2) is 4.41. The first kappa shape index (κ1) is 11.2. The molecule has 2 unspecified atom stereocenters. The fourth-order valence-electron chi connectivity index (χ4n) is 3.16. The quantitative estimate of drug-likeness (QED) is 0.849. The van der Waals surface area contributed by atoms with Crippen molar-refractivity contribution >= 4 is 0 Å². The Hall–Kier alpha value is -0.900. The van der Waals surface area contributed by atoms with Gasteiger partial charge in [-0.05, 0) is 24.7 Å². The Bertz CT molecular complexity index is 378. The number of fused-ring (bicyclic) bond motifs is 1. The fourth-order valence-corrected chi connectivity index (χ4v) is 3.16. The molecule has 0 spiro atoms. The van der Waals surface area contributed by atoms with Crippen LogP contribution in [0.4, 0.5) is 0 Å². The Kier molecular flexibility index (Phi) is 2.90. The highest BCUT2D eigenvalue weighted by Gasteiger charge is 2.56. The van der Waals surface area contributed by atoms with Gasteiger partial charge in [-0.25, -0.2) is 0 Å². The van der Waals surface area contributed by atoms with Crippen molar-refractivity contribution in [2.45, 2.75) is 51.5 Å². The molecule has 0 amide bonds. The lowest BCUT2D eigenvalue weighted by molar-refractivity contribution is 0.425. The van der Waals surface area contributed by atoms with Crippen molar-refractivity contribution in [3.05, 3.63) is 11.8 Å². The van der Waals surface area contributed by atoms with E-state index in [1.807, 2.05) is 0 Å². The van der Waals surface area contributed by atoms with Gasteiger partial charge in [0.05, 0.1) is 0 Å². The molecule has 0 bridgehead atoms. The molecule has 1 N–H and O–H groups in total. The predicted octanol–water partition coefficient (Wildman–Crippen LogP) is 2.12. The van der Waals surface area contributed by atoms with E-state index in [9.17, 15) is 0 Å². The van der Waals surface area contributed by atoms with Gasteiger partial charge >= 0.3 is 0 Å². The van der Waals surface area contributed by atoms with Crippen LogP contribution in [0.3, 0.4) is 0 Å².